The summed E-state index contributed by atoms with van der Waals surface area (Å²) in [5, 5.41) is 23.2. The number of aliphatic hydroxyl groups is 2. The minimum atomic E-state index is -0.841. The Hall–Kier alpha value is -1.92. The van der Waals surface area contributed by atoms with Gasteiger partial charge >= 0.3 is 5.97 Å². The van der Waals surface area contributed by atoms with E-state index in [0.717, 1.165) is 38.5 Å². The quantitative estimate of drug-likeness (QED) is 0.0320. The first kappa shape index (κ1) is 86.1. The largest absolute Gasteiger partial charge is 0.466 e. The zero-order valence-corrected chi connectivity index (χ0v) is 59.7. The number of hydrogen-bond donors (Lipinski definition) is 3. The number of carbonyl (C=O) groups is 2. The Kier molecular flexibility index (Phi) is 75.8. The topological polar surface area (TPSA) is 95.9 Å². The van der Waals surface area contributed by atoms with Crippen LogP contribution in [0.5, 0.6) is 0 Å². The van der Waals surface area contributed by atoms with Crippen LogP contribution in [0.1, 0.15) is 450 Å². The van der Waals surface area contributed by atoms with E-state index in [1.165, 1.54) is 385 Å². The standard InChI is InChI=1S/C82H157NO5/c1-3-5-7-9-11-13-15-17-19-43-48-52-56-60-64-68-72-76-82(87)88-77-73-69-65-61-57-53-49-45-42-40-38-36-34-32-30-28-26-24-22-20-21-23-25-27-29-31-33-35-37-39-41-44-47-51-55-59-63-67-71-75-81(86)83-79(78-84)80(85)74-70-66-62-58-54-50-46-18-16-14-12-10-8-6-4-2/h17,19-21,70,74,79-80,84-85H,3-16,18,22-69,71-73,75-78H2,1-2H3,(H,83,86)/b19-17-,21-20-,74-70+. The highest BCUT2D eigenvalue weighted by atomic mass is 16.5. The Morgan fingerprint density at radius 1 is 0.307 bits per heavy atom. The average Bonchev–Trinajstić information content (AvgIpc) is 3.59. The van der Waals surface area contributed by atoms with E-state index in [2.05, 4.69) is 43.5 Å². The second-order valence-corrected chi connectivity index (χ2v) is 27.7. The van der Waals surface area contributed by atoms with Crippen molar-refractivity contribution < 1.29 is 24.5 Å². The van der Waals surface area contributed by atoms with E-state index >= 15 is 0 Å². The number of carbonyl (C=O) groups excluding carboxylic acids is 2. The number of esters is 1. The molecule has 3 N–H and O–H groups in total. The molecule has 0 bridgehead atoms. The number of amides is 1. The van der Waals surface area contributed by atoms with Crippen LogP contribution in [0.2, 0.25) is 0 Å². The van der Waals surface area contributed by atoms with Crippen molar-refractivity contribution in [3.63, 3.8) is 0 Å². The molecule has 0 aromatic heterocycles. The molecule has 2 atom stereocenters. The maximum Gasteiger partial charge on any atom is 0.305 e. The van der Waals surface area contributed by atoms with E-state index in [1.807, 2.05) is 6.08 Å². The summed E-state index contributed by atoms with van der Waals surface area (Å²) in [4.78, 5) is 24.6. The van der Waals surface area contributed by atoms with Gasteiger partial charge in [-0.1, -0.05) is 391 Å². The summed E-state index contributed by atoms with van der Waals surface area (Å²) in [6, 6.07) is -0.624. The molecule has 0 aromatic carbocycles. The zero-order chi connectivity index (χ0) is 63.5. The summed E-state index contributed by atoms with van der Waals surface area (Å²) in [5.41, 5.74) is 0. The van der Waals surface area contributed by atoms with E-state index in [0.29, 0.717) is 19.4 Å². The molecule has 0 aliphatic carbocycles. The predicted molar refractivity (Wildman–Crippen MR) is 389 cm³/mol. The Morgan fingerprint density at radius 2 is 0.534 bits per heavy atom. The van der Waals surface area contributed by atoms with Gasteiger partial charge in [0.1, 0.15) is 0 Å². The number of nitrogens with one attached hydrogen (secondary N) is 1. The fraction of sp³-hybridized carbons (Fsp3) is 0.902. The van der Waals surface area contributed by atoms with Gasteiger partial charge in [0.15, 0.2) is 0 Å². The third-order valence-electron chi connectivity index (χ3n) is 18.9. The highest BCUT2D eigenvalue weighted by Gasteiger charge is 2.18. The molecule has 520 valence electrons. The van der Waals surface area contributed by atoms with E-state index in [9.17, 15) is 19.8 Å². The van der Waals surface area contributed by atoms with Crippen molar-refractivity contribution in [3.8, 4) is 0 Å². The van der Waals surface area contributed by atoms with Crippen LogP contribution in [0.15, 0.2) is 36.5 Å². The first-order valence-corrected chi connectivity index (χ1v) is 40.3. The third-order valence-corrected chi connectivity index (χ3v) is 18.9. The lowest BCUT2D eigenvalue weighted by Crippen LogP contribution is -2.45. The summed E-state index contributed by atoms with van der Waals surface area (Å²) in [6.07, 6.45) is 101. The summed E-state index contributed by atoms with van der Waals surface area (Å²) in [5.74, 6) is -0.0412. The van der Waals surface area contributed by atoms with Crippen LogP contribution in [0.3, 0.4) is 0 Å². The van der Waals surface area contributed by atoms with Gasteiger partial charge in [-0.3, -0.25) is 9.59 Å². The Morgan fingerprint density at radius 3 is 0.807 bits per heavy atom. The van der Waals surface area contributed by atoms with Gasteiger partial charge in [0.05, 0.1) is 25.4 Å². The lowest BCUT2D eigenvalue weighted by molar-refractivity contribution is -0.143. The minimum absolute atomic E-state index is 0.0196. The molecular weight excluding hydrogens is 1080 g/mol. The van der Waals surface area contributed by atoms with Crippen LogP contribution < -0.4 is 5.32 Å². The maximum absolute atomic E-state index is 12.5. The first-order valence-electron chi connectivity index (χ1n) is 40.3. The fourth-order valence-corrected chi connectivity index (χ4v) is 12.7. The van der Waals surface area contributed by atoms with Gasteiger partial charge in [0.25, 0.3) is 0 Å². The molecule has 6 nitrogen and oxygen atoms in total. The zero-order valence-electron chi connectivity index (χ0n) is 59.7. The summed E-state index contributed by atoms with van der Waals surface area (Å²) in [6.45, 7) is 4.94. The third kappa shape index (κ3) is 73.1. The molecule has 0 radical (unpaired) electrons. The van der Waals surface area contributed by atoms with Crippen molar-refractivity contribution >= 4 is 11.9 Å². The highest BCUT2D eigenvalue weighted by molar-refractivity contribution is 5.76. The maximum atomic E-state index is 12.5. The van der Waals surface area contributed by atoms with Gasteiger partial charge in [0.2, 0.25) is 5.91 Å². The number of rotatable bonds is 76. The van der Waals surface area contributed by atoms with Gasteiger partial charge in [-0.2, -0.15) is 0 Å². The molecule has 0 saturated carbocycles. The van der Waals surface area contributed by atoms with Crippen LogP contribution in [0.4, 0.5) is 0 Å². The summed E-state index contributed by atoms with van der Waals surface area (Å²) >= 11 is 0. The SMILES string of the molecule is CCCCCCCC/C=C\CCCCCCCCCC(=O)OCCCCCCCCCCCCCCCCCCCC/C=C\CCCCCCCCCCCCCCCCCCCC(=O)NC(CO)C(O)/C=C/CCCCCCCCCCCCCCC. The van der Waals surface area contributed by atoms with Gasteiger partial charge in [0, 0.05) is 12.8 Å². The second-order valence-electron chi connectivity index (χ2n) is 27.7. The van der Waals surface area contributed by atoms with Crippen LogP contribution >= 0.6 is 0 Å². The molecule has 1 amide bonds. The molecule has 0 heterocycles. The van der Waals surface area contributed by atoms with Crippen molar-refractivity contribution in [2.75, 3.05) is 13.2 Å². The number of allylic oxidation sites excluding steroid dienone is 5. The lowest BCUT2D eigenvalue weighted by Gasteiger charge is -2.20. The minimum Gasteiger partial charge on any atom is -0.466 e. The molecule has 0 saturated heterocycles. The molecular formula is C82H157NO5. The Bertz CT molecular complexity index is 1430. The number of hydrogen-bond acceptors (Lipinski definition) is 5. The van der Waals surface area contributed by atoms with Gasteiger partial charge in [-0.15, -0.1) is 0 Å². The number of unbranched alkanes of at least 4 members (excludes halogenated alkanes) is 61. The van der Waals surface area contributed by atoms with Crippen molar-refractivity contribution in [2.24, 2.45) is 0 Å². The van der Waals surface area contributed by atoms with Crippen LogP contribution in [-0.2, 0) is 14.3 Å². The normalized spacial score (nSPS) is 12.6. The van der Waals surface area contributed by atoms with E-state index in [1.54, 1.807) is 6.08 Å². The Balaban J connectivity index is 3.32. The molecule has 0 rings (SSSR count). The van der Waals surface area contributed by atoms with Crippen LogP contribution in [-0.4, -0.2) is 47.4 Å². The van der Waals surface area contributed by atoms with Crippen molar-refractivity contribution in [1.29, 1.82) is 0 Å². The molecule has 0 spiro atoms. The van der Waals surface area contributed by atoms with Crippen LogP contribution in [0.25, 0.3) is 0 Å². The monoisotopic (exact) mass is 1240 g/mol. The second kappa shape index (κ2) is 77.5. The summed E-state index contributed by atoms with van der Waals surface area (Å²) < 4.78 is 5.51. The molecule has 6 heteroatoms. The number of ether oxygens (including phenoxy) is 1. The van der Waals surface area contributed by atoms with E-state index < -0.39 is 12.1 Å². The average molecular weight is 1240 g/mol. The molecule has 88 heavy (non-hydrogen) atoms. The van der Waals surface area contributed by atoms with Crippen molar-refractivity contribution in [3.05, 3.63) is 36.5 Å². The van der Waals surface area contributed by atoms with Gasteiger partial charge in [-0.05, 0) is 83.5 Å². The number of aliphatic hydroxyl groups excluding tert-OH is 2. The fourth-order valence-electron chi connectivity index (χ4n) is 12.7. The lowest BCUT2D eigenvalue weighted by atomic mass is 10.0. The van der Waals surface area contributed by atoms with Gasteiger partial charge in [-0.25, -0.2) is 0 Å². The predicted octanol–water partition coefficient (Wildman–Crippen LogP) is 26.6. The van der Waals surface area contributed by atoms with Crippen LogP contribution in [0, 0.1) is 0 Å². The molecule has 0 fully saturated rings. The van der Waals surface area contributed by atoms with E-state index in [-0.39, 0.29) is 18.5 Å². The smallest absolute Gasteiger partial charge is 0.305 e. The molecule has 0 aromatic rings. The van der Waals surface area contributed by atoms with Gasteiger partial charge < -0.3 is 20.3 Å². The van der Waals surface area contributed by atoms with Crippen molar-refractivity contribution in [2.45, 2.75) is 463 Å². The molecule has 0 aliphatic rings. The van der Waals surface area contributed by atoms with Crippen molar-refractivity contribution in [1.82, 2.24) is 5.32 Å². The molecule has 0 aliphatic heterocycles. The first-order chi connectivity index (χ1) is 43.5. The highest BCUT2D eigenvalue weighted by Crippen LogP contribution is 2.20. The molecule has 2 unspecified atom stereocenters. The van der Waals surface area contributed by atoms with E-state index in [4.69, 9.17) is 4.74 Å². The summed E-state index contributed by atoms with van der Waals surface area (Å²) in [7, 11) is 0. The Labute approximate surface area is 551 Å².